The van der Waals surface area contributed by atoms with Gasteiger partial charge in [0, 0.05) is 25.5 Å². The first-order chi connectivity index (χ1) is 9.04. The topological polar surface area (TPSA) is 83.1 Å². The Morgan fingerprint density at radius 1 is 1.42 bits per heavy atom. The molecule has 0 saturated heterocycles. The predicted octanol–water partition coefficient (Wildman–Crippen LogP) is 0.714. The fourth-order valence-electron chi connectivity index (χ4n) is 1.48. The molecule has 0 radical (unpaired) electrons. The number of aryl methyl sites for hydroxylation is 1. The number of imide groups is 1. The van der Waals surface area contributed by atoms with Crippen LogP contribution in [0.25, 0.3) is 0 Å². The van der Waals surface area contributed by atoms with E-state index in [1.54, 1.807) is 26.2 Å². The summed E-state index contributed by atoms with van der Waals surface area (Å²) in [6.45, 7) is 6.50. The molecule has 19 heavy (non-hydrogen) atoms. The lowest BCUT2D eigenvalue weighted by Gasteiger charge is -2.14. The average Bonchev–Trinajstić information content (AvgIpc) is 2.37. The number of urea groups is 1. The lowest BCUT2D eigenvalue weighted by Crippen LogP contribution is -2.47. The highest BCUT2D eigenvalue weighted by Gasteiger charge is 2.14. The van der Waals surface area contributed by atoms with Crippen molar-refractivity contribution in [1.29, 1.82) is 0 Å². The van der Waals surface area contributed by atoms with Gasteiger partial charge < -0.3 is 10.6 Å². The molecule has 0 aliphatic heterocycles. The number of carbonyl (C=O) groups excluding carboxylic acids is 2. The van der Waals surface area contributed by atoms with Crippen LogP contribution in [0.2, 0.25) is 0 Å². The maximum absolute atomic E-state index is 11.7. The van der Waals surface area contributed by atoms with Gasteiger partial charge in [-0.1, -0.05) is 0 Å². The molecular weight excluding hydrogens is 244 g/mol. The Morgan fingerprint density at radius 3 is 2.79 bits per heavy atom. The molecule has 1 aromatic rings. The summed E-state index contributed by atoms with van der Waals surface area (Å²) < 4.78 is 0. The van der Waals surface area contributed by atoms with E-state index in [1.165, 1.54) is 0 Å². The highest BCUT2D eigenvalue weighted by molar-refractivity contribution is 5.96. The second-order valence-electron chi connectivity index (χ2n) is 4.25. The van der Waals surface area contributed by atoms with Crippen LogP contribution >= 0.6 is 0 Å². The molecule has 1 aromatic heterocycles. The van der Waals surface area contributed by atoms with Crippen LogP contribution < -0.4 is 16.0 Å². The molecule has 0 saturated carbocycles. The number of carbonyl (C=O) groups is 2. The predicted molar refractivity (Wildman–Crippen MR) is 72.5 cm³/mol. The third-order valence-electron chi connectivity index (χ3n) is 2.70. The smallest absolute Gasteiger partial charge is 0.321 e. The van der Waals surface area contributed by atoms with Gasteiger partial charge in [0.2, 0.25) is 5.91 Å². The van der Waals surface area contributed by atoms with Crippen LogP contribution in [0.15, 0.2) is 18.5 Å². The molecule has 0 fully saturated rings. The largest absolute Gasteiger partial charge is 0.338 e. The fraction of sp³-hybridized carbons (Fsp3) is 0.462. The van der Waals surface area contributed by atoms with Gasteiger partial charge in [-0.05, 0) is 38.0 Å². The molecule has 3 N–H and O–H groups in total. The molecule has 0 spiro atoms. The van der Waals surface area contributed by atoms with E-state index in [0.29, 0.717) is 13.1 Å². The van der Waals surface area contributed by atoms with Gasteiger partial charge in [0.15, 0.2) is 0 Å². The van der Waals surface area contributed by atoms with Gasteiger partial charge in [0.25, 0.3) is 0 Å². The van der Waals surface area contributed by atoms with Crippen molar-refractivity contribution in [2.45, 2.75) is 33.4 Å². The van der Waals surface area contributed by atoms with E-state index in [2.05, 4.69) is 20.9 Å². The van der Waals surface area contributed by atoms with E-state index in [1.807, 2.05) is 13.0 Å². The second kappa shape index (κ2) is 7.48. The van der Waals surface area contributed by atoms with Crippen LogP contribution in [0, 0.1) is 6.92 Å². The quantitative estimate of drug-likeness (QED) is 0.731. The van der Waals surface area contributed by atoms with Gasteiger partial charge in [-0.2, -0.15) is 0 Å². The van der Waals surface area contributed by atoms with Gasteiger partial charge >= 0.3 is 6.03 Å². The number of rotatable bonds is 5. The molecule has 0 aromatic carbocycles. The number of hydrogen-bond donors (Lipinski definition) is 3. The first-order valence-corrected chi connectivity index (χ1v) is 6.26. The zero-order valence-corrected chi connectivity index (χ0v) is 11.5. The van der Waals surface area contributed by atoms with Crippen molar-refractivity contribution in [2.75, 3.05) is 6.54 Å². The van der Waals surface area contributed by atoms with E-state index >= 15 is 0 Å². The molecule has 0 bridgehead atoms. The van der Waals surface area contributed by atoms with Crippen LogP contribution in [0.3, 0.4) is 0 Å². The molecule has 1 atom stereocenters. The zero-order chi connectivity index (χ0) is 14.3. The second-order valence-corrected chi connectivity index (χ2v) is 4.25. The van der Waals surface area contributed by atoms with Crippen molar-refractivity contribution >= 4 is 11.9 Å². The average molecular weight is 264 g/mol. The van der Waals surface area contributed by atoms with Crippen molar-refractivity contribution in [1.82, 2.24) is 20.9 Å². The minimum atomic E-state index is -0.471. The van der Waals surface area contributed by atoms with E-state index in [0.717, 1.165) is 11.1 Å². The number of hydrogen-bond acceptors (Lipinski definition) is 4. The van der Waals surface area contributed by atoms with Crippen LogP contribution in [-0.2, 0) is 11.3 Å². The van der Waals surface area contributed by atoms with E-state index in [-0.39, 0.29) is 5.91 Å². The first kappa shape index (κ1) is 15.1. The highest BCUT2D eigenvalue weighted by Crippen LogP contribution is 2.04. The molecule has 6 heteroatoms. The lowest BCUT2D eigenvalue weighted by molar-refractivity contribution is -0.121. The molecule has 1 rings (SSSR count). The number of nitrogens with zero attached hydrogens (tertiary/aromatic N) is 1. The third kappa shape index (κ3) is 5.05. The van der Waals surface area contributed by atoms with Gasteiger partial charge in [0.1, 0.15) is 0 Å². The summed E-state index contributed by atoms with van der Waals surface area (Å²) in [5.74, 6) is -0.349. The molecule has 104 valence electrons. The number of nitrogens with one attached hydrogen (secondary N) is 3. The summed E-state index contributed by atoms with van der Waals surface area (Å²) in [7, 11) is 0. The lowest BCUT2D eigenvalue weighted by atomic mass is 10.1. The zero-order valence-electron chi connectivity index (χ0n) is 11.5. The molecule has 1 unspecified atom stereocenters. The summed E-state index contributed by atoms with van der Waals surface area (Å²) in [6.07, 6.45) is 3.49. The SMILES string of the molecule is CCNC(=O)NC(=O)C(C)NCc1ccncc1C. The Bertz CT molecular complexity index is 448. The summed E-state index contributed by atoms with van der Waals surface area (Å²) in [5, 5.41) is 7.84. The Balaban J connectivity index is 2.43. The molecule has 1 heterocycles. The van der Waals surface area contributed by atoms with Crippen LogP contribution in [0.4, 0.5) is 4.79 Å². The van der Waals surface area contributed by atoms with Crippen LogP contribution in [0.5, 0.6) is 0 Å². The number of amides is 3. The maximum Gasteiger partial charge on any atom is 0.321 e. The third-order valence-corrected chi connectivity index (χ3v) is 2.70. The molecule has 0 aliphatic carbocycles. The Hall–Kier alpha value is -1.95. The van der Waals surface area contributed by atoms with E-state index in [9.17, 15) is 9.59 Å². The van der Waals surface area contributed by atoms with Gasteiger partial charge in [-0.3, -0.25) is 15.1 Å². The van der Waals surface area contributed by atoms with Crippen molar-refractivity contribution < 1.29 is 9.59 Å². The van der Waals surface area contributed by atoms with E-state index < -0.39 is 12.1 Å². The van der Waals surface area contributed by atoms with Crippen molar-refractivity contribution in [3.05, 3.63) is 29.6 Å². The first-order valence-electron chi connectivity index (χ1n) is 6.26. The monoisotopic (exact) mass is 264 g/mol. The summed E-state index contributed by atoms with van der Waals surface area (Å²) in [5.41, 5.74) is 2.14. The number of pyridine rings is 1. The van der Waals surface area contributed by atoms with Gasteiger partial charge in [0.05, 0.1) is 6.04 Å². The van der Waals surface area contributed by atoms with Crippen molar-refractivity contribution in [2.24, 2.45) is 0 Å². The Labute approximate surface area is 113 Å². The van der Waals surface area contributed by atoms with Crippen molar-refractivity contribution in [3.63, 3.8) is 0 Å². The summed E-state index contributed by atoms with van der Waals surface area (Å²) in [6, 6.07) is 0.980. The summed E-state index contributed by atoms with van der Waals surface area (Å²) >= 11 is 0. The summed E-state index contributed by atoms with van der Waals surface area (Å²) in [4.78, 5) is 26.9. The molecule has 3 amide bonds. The molecule has 6 nitrogen and oxygen atoms in total. The maximum atomic E-state index is 11.7. The molecular formula is C13H20N4O2. The van der Waals surface area contributed by atoms with Gasteiger partial charge in [-0.15, -0.1) is 0 Å². The van der Waals surface area contributed by atoms with E-state index in [4.69, 9.17) is 0 Å². The van der Waals surface area contributed by atoms with Crippen molar-refractivity contribution in [3.8, 4) is 0 Å². The van der Waals surface area contributed by atoms with Crippen LogP contribution in [-0.4, -0.2) is 29.5 Å². The van der Waals surface area contributed by atoms with Crippen LogP contribution in [0.1, 0.15) is 25.0 Å². The Morgan fingerprint density at radius 2 is 2.16 bits per heavy atom. The minimum absolute atomic E-state index is 0.349. The highest BCUT2D eigenvalue weighted by atomic mass is 16.2. The fourth-order valence-corrected chi connectivity index (χ4v) is 1.48. The Kier molecular flexibility index (Phi) is 5.95. The number of aromatic nitrogens is 1. The normalized spacial score (nSPS) is 11.7. The minimum Gasteiger partial charge on any atom is -0.338 e. The standard InChI is InChI=1S/C13H20N4O2/c1-4-15-13(19)17-12(18)10(3)16-8-11-5-6-14-7-9(11)2/h5-7,10,16H,4,8H2,1-3H3,(H2,15,17,18,19). The molecule has 0 aliphatic rings. The van der Waals surface area contributed by atoms with Gasteiger partial charge in [-0.25, -0.2) is 4.79 Å².